The first kappa shape index (κ1) is 17.5. The first-order valence-electron chi connectivity index (χ1n) is 8.12. The van der Waals surface area contributed by atoms with Crippen LogP contribution in [0.5, 0.6) is 5.75 Å². The molecule has 0 aliphatic rings. The van der Waals surface area contributed by atoms with Gasteiger partial charge >= 0.3 is 5.97 Å². The fourth-order valence-corrected chi connectivity index (χ4v) is 2.58. The Morgan fingerprint density at radius 2 is 1.96 bits per heavy atom. The quantitative estimate of drug-likeness (QED) is 0.687. The van der Waals surface area contributed by atoms with E-state index in [-0.39, 0.29) is 18.9 Å². The third-order valence-corrected chi connectivity index (χ3v) is 3.98. The van der Waals surface area contributed by atoms with E-state index in [9.17, 15) is 9.59 Å². The van der Waals surface area contributed by atoms with Crippen molar-refractivity contribution in [2.24, 2.45) is 0 Å². The van der Waals surface area contributed by atoms with E-state index in [0.29, 0.717) is 22.6 Å². The van der Waals surface area contributed by atoms with E-state index in [2.05, 4.69) is 5.32 Å². The van der Waals surface area contributed by atoms with Gasteiger partial charge in [0.15, 0.2) is 6.61 Å². The molecule has 0 aliphatic heterocycles. The average molecular weight is 353 g/mol. The summed E-state index contributed by atoms with van der Waals surface area (Å²) in [6.07, 6.45) is 1.54. The molecule has 0 atom stereocenters. The van der Waals surface area contributed by atoms with Crippen LogP contribution in [0.3, 0.4) is 0 Å². The molecule has 6 heteroatoms. The highest BCUT2D eigenvalue weighted by molar-refractivity contribution is 5.94. The van der Waals surface area contributed by atoms with Crippen molar-refractivity contribution in [3.63, 3.8) is 0 Å². The molecule has 0 fully saturated rings. The number of aryl methyl sites for hydroxylation is 1. The van der Waals surface area contributed by atoms with Gasteiger partial charge in [-0.1, -0.05) is 18.2 Å². The number of carbonyl (C=O) groups excluding carboxylic acids is 2. The molecule has 1 N–H and O–H groups in total. The van der Waals surface area contributed by atoms with E-state index in [0.717, 1.165) is 10.9 Å². The Morgan fingerprint density at radius 3 is 2.73 bits per heavy atom. The lowest BCUT2D eigenvalue weighted by molar-refractivity contribution is -0.146. The second-order valence-electron chi connectivity index (χ2n) is 5.82. The second kappa shape index (κ2) is 7.74. The van der Waals surface area contributed by atoms with Crippen molar-refractivity contribution in [2.45, 2.75) is 13.3 Å². The minimum absolute atomic E-state index is 0.0248. The molecule has 0 bridgehead atoms. The fourth-order valence-electron chi connectivity index (χ4n) is 2.58. The van der Waals surface area contributed by atoms with Crippen LogP contribution in [0, 0.1) is 6.92 Å². The third-order valence-electron chi connectivity index (χ3n) is 3.98. The van der Waals surface area contributed by atoms with E-state index < -0.39 is 5.97 Å². The number of esters is 1. The molecule has 0 unspecified atom stereocenters. The molecule has 0 aliphatic carbocycles. The van der Waals surface area contributed by atoms with Crippen LogP contribution < -0.4 is 10.1 Å². The van der Waals surface area contributed by atoms with Crippen LogP contribution in [-0.2, 0) is 20.7 Å². The maximum absolute atomic E-state index is 12.0. The Morgan fingerprint density at radius 1 is 1.15 bits per heavy atom. The molecule has 26 heavy (non-hydrogen) atoms. The van der Waals surface area contributed by atoms with Crippen LogP contribution in [0.4, 0.5) is 5.69 Å². The van der Waals surface area contributed by atoms with Gasteiger partial charge in [0, 0.05) is 22.7 Å². The second-order valence-corrected chi connectivity index (χ2v) is 5.82. The molecule has 1 heterocycles. The molecule has 0 saturated heterocycles. The van der Waals surface area contributed by atoms with Crippen molar-refractivity contribution in [3.05, 3.63) is 59.9 Å². The normalized spacial score (nSPS) is 10.5. The summed E-state index contributed by atoms with van der Waals surface area (Å²) in [6.45, 7) is 1.55. The maximum Gasteiger partial charge on any atom is 0.310 e. The molecule has 3 aromatic rings. The van der Waals surface area contributed by atoms with Crippen LogP contribution in [-0.4, -0.2) is 25.6 Å². The minimum atomic E-state index is -0.497. The molecular weight excluding hydrogens is 334 g/mol. The van der Waals surface area contributed by atoms with Crippen LogP contribution in [0.15, 0.2) is 53.1 Å². The monoisotopic (exact) mass is 353 g/mol. The van der Waals surface area contributed by atoms with Crippen molar-refractivity contribution >= 4 is 28.5 Å². The summed E-state index contributed by atoms with van der Waals surface area (Å²) in [5.74, 6) is -0.202. The van der Waals surface area contributed by atoms with Gasteiger partial charge in [0.05, 0.1) is 19.8 Å². The molecule has 3 rings (SSSR count). The van der Waals surface area contributed by atoms with Gasteiger partial charge in [-0.15, -0.1) is 0 Å². The van der Waals surface area contributed by atoms with E-state index in [1.807, 2.05) is 31.2 Å². The number of nitrogens with one attached hydrogen (secondary N) is 1. The first-order chi connectivity index (χ1) is 12.6. The minimum Gasteiger partial charge on any atom is -0.497 e. The van der Waals surface area contributed by atoms with Crippen molar-refractivity contribution in [1.29, 1.82) is 0 Å². The summed E-state index contributed by atoms with van der Waals surface area (Å²) in [7, 11) is 1.57. The zero-order chi connectivity index (χ0) is 18.5. The summed E-state index contributed by atoms with van der Waals surface area (Å²) in [5.41, 5.74) is 2.97. The largest absolute Gasteiger partial charge is 0.497 e. The van der Waals surface area contributed by atoms with Crippen molar-refractivity contribution < 1.29 is 23.5 Å². The summed E-state index contributed by atoms with van der Waals surface area (Å²) in [5, 5.41) is 3.53. The molecule has 0 spiro atoms. The maximum atomic E-state index is 12.0. The molecular formula is C20H19NO5. The number of methoxy groups -OCH3 is 1. The Labute approximate surface area is 150 Å². The number of fused-ring (bicyclic) bond motifs is 1. The Kier molecular flexibility index (Phi) is 5.22. The zero-order valence-electron chi connectivity index (χ0n) is 14.6. The van der Waals surface area contributed by atoms with Gasteiger partial charge in [0.1, 0.15) is 11.3 Å². The number of anilines is 1. The average Bonchev–Trinajstić information content (AvgIpc) is 3.04. The van der Waals surface area contributed by atoms with Crippen molar-refractivity contribution in [1.82, 2.24) is 0 Å². The predicted octanol–water partition coefficient (Wildman–Crippen LogP) is 3.47. The standard InChI is InChI=1S/C20H19NO5/c1-13-5-3-4-6-17(13)21-19(22)12-26-20(23)9-14-11-25-18-10-15(24-2)7-8-16(14)18/h3-8,10-11H,9,12H2,1-2H3,(H,21,22). The highest BCUT2D eigenvalue weighted by atomic mass is 16.5. The number of ether oxygens (including phenoxy) is 2. The number of rotatable bonds is 6. The van der Waals surface area contributed by atoms with Crippen LogP contribution in [0.1, 0.15) is 11.1 Å². The van der Waals surface area contributed by atoms with Crippen molar-refractivity contribution in [3.8, 4) is 5.75 Å². The number of para-hydroxylation sites is 1. The topological polar surface area (TPSA) is 77.8 Å². The Hall–Kier alpha value is -3.28. The summed E-state index contributed by atoms with van der Waals surface area (Å²) < 4.78 is 15.6. The Balaban J connectivity index is 1.56. The predicted molar refractivity (Wildman–Crippen MR) is 97.2 cm³/mol. The van der Waals surface area contributed by atoms with E-state index >= 15 is 0 Å². The lowest BCUT2D eigenvalue weighted by atomic mass is 10.1. The van der Waals surface area contributed by atoms with Gasteiger partial charge < -0.3 is 19.2 Å². The Bertz CT molecular complexity index is 944. The number of benzene rings is 2. The number of hydrogen-bond donors (Lipinski definition) is 1. The molecule has 6 nitrogen and oxygen atoms in total. The number of furan rings is 1. The number of carbonyl (C=O) groups is 2. The van der Waals surface area contributed by atoms with Crippen LogP contribution in [0.2, 0.25) is 0 Å². The number of amides is 1. The SMILES string of the molecule is COc1ccc2c(CC(=O)OCC(=O)Nc3ccccc3C)coc2c1. The zero-order valence-corrected chi connectivity index (χ0v) is 14.6. The van der Waals surface area contributed by atoms with Gasteiger partial charge in [-0.05, 0) is 30.7 Å². The van der Waals surface area contributed by atoms with Crippen molar-refractivity contribution in [2.75, 3.05) is 19.0 Å². The fraction of sp³-hybridized carbons (Fsp3) is 0.200. The third kappa shape index (κ3) is 4.03. The van der Waals surface area contributed by atoms with E-state index in [1.54, 1.807) is 25.3 Å². The molecule has 2 aromatic carbocycles. The molecule has 134 valence electrons. The molecule has 1 amide bonds. The van der Waals surface area contributed by atoms with Gasteiger partial charge in [-0.25, -0.2) is 0 Å². The van der Waals surface area contributed by atoms with E-state index in [1.165, 1.54) is 6.26 Å². The summed E-state index contributed by atoms with van der Waals surface area (Å²) in [6, 6.07) is 12.8. The lowest BCUT2D eigenvalue weighted by Crippen LogP contribution is -2.22. The molecule has 0 saturated carbocycles. The highest BCUT2D eigenvalue weighted by Crippen LogP contribution is 2.26. The van der Waals surface area contributed by atoms with Gasteiger partial charge in [-0.2, -0.15) is 0 Å². The van der Waals surface area contributed by atoms with Gasteiger partial charge in [-0.3, -0.25) is 9.59 Å². The summed E-state index contributed by atoms with van der Waals surface area (Å²) >= 11 is 0. The molecule has 1 aromatic heterocycles. The van der Waals surface area contributed by atoms with Crippen LogP contribution in [0.25, 0.3) is 11.0 Å². The summed E-state index contributed by atoms with van der Waals surface area (Å²) in [4.78, 5) is 24.0. The number of hydrogen-bond acceptors (Lipinski definition) is 5. The van der Waals surface area contributed by atoms with Gasteiger partial charge in [0.2, 0.25) is 0 Å². The van der Waals surface area contributed by atoms with E-state index in [4.69, 9.17) is 13.9 Å². The van der Waals surface area contributed by atoms with Gasteiger partial charge in [0.25, 0.3) is 5.91 Å². The lowest BCUT2D eigenvalue weighted by Gasteiger charge is -2.08. The van der Waals surface area contributed by atoms with Crippen LogP contribution >= 0.6 is 0 Å². The first-order valence-corrected chi connectivity index (χ1v) is 8.12. The highest BCUT2D eigenvalue weighted by Gasteiger charge is 2.14. The smallest absolute Gasteiger partial charge is 0.310 e. The molecule has 0 radical (unpaired) electrons.